The summed E-state index contributed by atoms with van der Waals surface area (Å²) in [5, 5.41) is 6.76. The predicted octanol–water partition coefficient (Wildman–Crippen LogP) is 2.67. The third-order valence-corrected chi connectivity index (χ3v) is 6.55. The number of hydrogen-bond donors (Lipinski definition) is 1. The smallest absolute Gasteiger partial charge is 0.243 e. The molecule has 6 nitrogen and oxygen atoms in total. The van der Waals surface area contributed by atoms with Crippen molar-refractivity contribution in [3.05, 3.63) is 42.0 Å². The van der Waals surface area contributed by atoms with Gasteiger partial charge in [-0.2, -0.15) is 9.40 Å². The summed E-state index contributed by atoms with van der Waals surface area (Å²) < 4.78 is 27.2. The highest BCUT2D eigenvalue weighted by molar-refractivity contribution is 7.89. The van der Waals surface area contributed by atoms with Crippen LogP contribution in [0.25, 0.3) is 0 Å². The SMILES string of the molecule is CC(C)(C)c1ccc(S(=O)(=O)N2CCC(c3ncn[nH]3)CC2)cc1. The number of nitrogens with zero attached hydrogens (tertiary/aromatic N) is 3. The summed E-state index contributed by atoms with van der Waals surface area (Å²) in [5.41, 5.74) is 1.14. The van der Waals surface area contributed by atoms with Crippen molar-refractivity contribution in [1.82, 2.24) is 19.5 Å². The molecule has 1 aromatic carbocycles. The molecule has 0 amide bonds. The van der Waals surface area contributed by atoms with E-state index in [4.69, 9.17) is 0 Å². The molecule has 1 fully saturated rings. The van der Waals surface area contributed by atoms with Gasteiger partial charge in [0.1, 0.15) is 12.2 Å². The molecule has 3 rings (SSSR count). The van der Waals surface area contributed by atoms with Crippen LogP contribution in [-0.2, 0) is 15.4 Å². The van der Waals surface area contributed by atoms with Crippen LogP contribution >= 0.6 is 0 Å². The maximum absolute atomic E-state index is 12.8. The quantitative estimate of drug-likeness (QED) is 0.925. The van der Waals surface area contributed by atoms with E-state index >= 15 is 0 Å². The van der Waals surface area contributed by atoms with Crippen LogP contribution in [0.2, 0.25) is 0 Å². The molecule has 0 bridgehead atoms. The predicted molar refractivity (Wildman–Crippen MR) is 92.3 cm³/mol. The van der Waals surface area contributed by atoms with Crippen molar-refractivity contribution in [2.24, 2.45) is 0 Å². The van der Waals surface area contributed by atoms with Crippen molar-refractivity contribution >= 4 is 10.0 Å². The van der Waals surface area contributed by atoms with Gasteiger partial charge in [0.05, 0.1) is 4.90 Å². The maximum atomic E-state index is 12.8. The van der Waals surface area contributed by atoms with Crippen molar-refractivity contribution in [3.63, 3.8) is 0 Å². The largest absolute Gasteiger partial charge is 0.263 e. The van der Waals surface area contributed by atoms with E-state index in [0.717, 1.165) is 24.2 Å². The van der Waals surface area contributed by atoms with Gasteiger partial charge in [-0.1, -0.05) is 32.9 Å². The third-order valence-electron chi connectivity index (χ3n) is 4.63. The first-order valence-electron chi connectivity index (χ1n) is 8.24. The molecular weight excluding hydrogens is 324 g/mol. The highest BCUT2D eigenvalue weighted by Crippen LogP contribution is 2.29. The molecule has 0 spiro atoms. The average molecular weight is 348 g/mol. The van der Waals surface area contributed by atoms with Crippen LogP contribution in [0.4, 0.5) is 0 Å². The van der Waals surface area contributed by atoms with Gasteiger partial charge >= 0.3 is 0 Å². The number of aromatic amines is 1. The highest BCUT2D eigenvalue weighted by atomic mass is 32.2. The van der Waals surface area contributed by atoms with Crippen LogP contribution < -0.4 is 0 Å². The molecule has 24 heavy (non-hydrogen) atoms. The van der Waals surface area contributed by atoms with Crippen LogP contribution in [0.1, 0.15) is 50.9 Å². The molecule has 0 aliphatic carbocycles. The zero-order chi connectivity index (χ0) is 17.4. The van der Waals surface area contributed by atoms with Crippen LogP contribution in [0.5, 0.6) is 0 Å². The lowest BCUT2D eigenvalue weighted by atomic mass is 9.87. The standard InChI is InChI=1S/C17H24N4O2S/c1-17(2,3)14-4-6-15(7-5-14)24(22,23)21-10-8-13(9-11-21)16-18-12-19-20-16/h4-7,12-13H,8-11H2,1-3H3,(H,18,19,20). The van der Waals surface area contributed by atoms with E-state index in [9.17, 15) is 8.42 Å². The molecule has 0 radical (unpaired) electrons. The van der Waals surface area contributed by atoms with E-state index in [1.165, 1.54) is 6.33 Å². The molecule has 0 saturated carbocycles. The van der Waals surface area contributed by atoms with Crippen molar-refractivity contribution in [1.29, 1.82) is 0 Å². The minimum atomic E-state index is -3.43. The molecule has 1 aliphatic rings. The van der Waals surface area contributed by atoms with Gasteiger partial charge in [0.25, 0.3) is 0 Å². The Balaban J connectivity index is 1.72. The van der Waals surface area contributed by atoms with E-state index in [1.807, 2.05) is 12.1 Å². The first-order valence-corrected chi connectivity index (χ1v) is 9.68. The van der Waals surface area contributed by atoms with Gasteiger partial charge in [0.2, 0.25) is 10.0 Å². The molecule has 1 N–H and O–H groups in total. The minimum absolute atomic E-state index is 0.0116. The molecule has 130 valence electrons. The van der Waals surface area contributed by atoms with Crippen LogP contribution in [0, 0.1) is 0 Å². The number of H-pyrrole nitrogens is 1. The molecule has 0 atom stereocenters. The van der Waals surface area contributed by atoms with Gasteiger partial charge in [-0.3, -0.25) is 5.10 Å². The van der Waals surface area contributed by atoms with Gasteiger partial charge in [-0.15, -0.1) is 0 Å². The van der Waals surface area contributed by atoms with Gasteiger partial charge in [-0.25, -0.2) is 13.4 Å². The Morgan fingerprint density at radius 1 is 1.12 bits per heavy atom. The molecule has 2 aromatic rings. The second kappa shape index (κ2) is 6.29. The fourth-order valence-corrected chi connectivity index (χ4v) is 4.53. The Labute approximate surface area is 143 Å². The molecule has 1 saturated heterocycles. The molecular formula is C17H24N4O2S. The molecule has 1 aliphatic heterocycles. The number of aromatic nitrogens is 3. The minimum Gasteiger partial charge on any atom is -0.263 e. The Hall–Kier alpha value is -1.73. The second-order valence-electron chi connectivity index (χ2n) is 7.32. The van der Waals surface area contributed by atoms with E-state index < -0.39 is 10.0 Å². The number of benzene rings is 1. The summed E-state index contributed by atoms with van der Waals surface area (Å²) in [6.45, 7) is 7.36. The monoisotopic (exact) mass is 348 g/mol. The fraction of sp³-hybridized carbons (Fsp3) is 0.529. The van der Waals surface area contributed by atoms with Crippen molar-refractivity contribution in [2.75, 3.05) is 13.1 Å². The zero-order valence-corrected chi connectivity index (χ0v) is 15.2. The first kappa shape index (κ1) is 17.1. The maximum Gasteiger partial charge on any atom is 0.243 e. The number of hydrogen-bond acceptors (Lipinski definition) is 4. The van der Waals surface area contributed by atoms with Gasteiger partial charge in [0.15, 0.2) is 0 Å². The van der Waals surface area contributed by atoms with E-state index in [1.54, 1.807) is 16.4 Å². The molecule has 1 aromatic heterocycles. The van der Waals surface area contributed by atoms with E-state index in [2.05, 4.69) is 36.0 Å². The van der Waals surface area contributed by atoms with Gasteiger partial charge in [-0.05, 0) is 36.0 Å². The van der Waals surface area contributed by atoms with E-state index in [-0.39, 0.29) is 11.3 Å². The second-order valence-corrected chi connectivity index (χ2v) is 9.26. The number of rotatable bonds is 3. The lowest BCUT2D eigenvalue weighted by Gasteiger charge is -2.30. The van der Waals surface area contributed by atoms with Gasteiger partial charge < -0.3 is 0 Å². The fourth-order valence-electron chi connectivity index (χ4n) is 3.06. The topological polar surface area (TPSA) is 79.0 Å². The summed E-state index contributed by atoms with van der Waals surface area (Å²) in [7, 11) is -3.43. The number of sulfonamides is 1. The number of piperidine rings is 1. The van der Waals surface area contributed by atoms with Gasteiger partial charge in [0, 0.05) is 19.0 Å². The molecule has 0 unspecified atom stereocenters. The summed E-state index contributed by atoms with van der Waals surface area (Å²) in [6, 6.07) is 7.26. The Morgan fingerprint density at radius 3 is 2.25 bits per heavy atom. The van der Waals surface area contributed by atoms with Crippen LogP contribution in [0.3, 0.4) is 0 Å². The first-order chi connectivity index (χ1) is 11.3. The normalized spacial score (nSPS) is 18.0. The average Bonchev–Trinajstić information content (AvgIpc) is 3.09. The Morgan fingerprint density at radius 2 is 1.75 bits per heavy atom. The lowest BCUT2D eigenvalue weighted by molar-refractivity contribution is 0.314. The van der Waals surface area contributed by atoms with Crippen LogP contribution in [-0.4, -0.2) is 41.0 Å². The zero-order valence-electron chi connectivity index (χ0n) is 14.4. The van der Waals surface area contributed by atoms with E-state index in [0.29, 0.717) is 18.0 Å². The van der Waals surface area contributed by atoms with Crippen molar-refractivity contribution < 1.29 is 8.42 Å². The summed E-state index contributed by atoms with van der Waals surface area (Å²) >= 11 is 0. The highest BCUT2D eigenvalue weighted by Gasteiger charge is 2.31. The third kappa shape index (κ3) is 3.37. The Bertz CT molecular complexity index is 769. The van der Waals surface area contributed by atoms with Crippen molar-refractivity contribution in [3.8, 4) is 0 Å². The molecule has 2 heterocycles. The van der Waals surface area contributed by atoms with Crippen LogP contribution in [0.15, 0.2) is 35.5 Å². The number of nitrogens with one attached hydrogen (secondary N) is 1. The molecule has 7 heteroatoms. The summed E-state index contributed by atoms with van der Waals surface area (Å²) in [6.07, 6.45) is 3.01. The summed E-state index contributed by atoms with van der Waals surface area (Å²) in [5.74, 6) is 1.10. The Kier molecular flexibility index (Phi) is 4.48. The lowest BCUT2D eigenvalue weighted by Crippen LogP contribution is -2.38. The van der Waals surface area contributed by atoms with Crippen molar-refractivity contribution in [2.45, 2.75) is 49.8 Å². The summed E-state index contributed by atoms with van der Waals surface area (Å²) in [4.78, 5) is 4.55.